The molecule has 1 aliphatic heterocycles. The van der Waals surface area contributed by atoms with E-state index in [0.29, 0.717) is 30.4 Å². The third-order valence-corrected chi connectivity index (χ3v) is 7.30. The second-order valence-corrected chi connectivity index (χ2v) is 12.0. The highest BCUT2D eigenvalue weighted by Crippen LogP contribution is 2.46. The number of rotatable bonds is 20. The number of carbonyl (C=O) groups excluding carboxylic acids is 1. The van der Waals surface area contributed by atoms with Crippen LogP contribution in [0.25, 0.3) is 0 Å². The van der Waals surface area contributed by atoms with Crippen LogP contribution in [0, 0.1) is 0 Å². The summed E-state index contributed by atoms with van der Waals surface area (Å²) in [5, 5.41) is 0. The van der Waals surface area contributed by atoms with Crippen molar-refractivity contribution in [2.24, 2.45) is 0 Å². The molecule has 7 nitrogen and oxygen atoms in total. The summed E-state index contributed by atoms with van der Waals surface area (Å²) in [6.07, 6.45) is 17.8. The SMILES string of the molecule is CCCCCCCCCCCCCCCC(=O)N1CCC[C@H]1OP(=O)(O)OCC[N+](C)(C)C. The molecule has 0 radical (unpaired) electrons. The molecule has 0 aromatic carbocycles. The van der Waals surface area contributed by atoms with Gasteiger partial charge in [0.25, 0.3) is 0 Å². The quantitative estimate of drug-likeness (QED) is 0.124. The standard InChI is InChI=1S/C25H51N2O5P/c1-5-6-7-8-9-10-11-12-13-14-15-16-17-19-24(28)26-21-18-20-25(26)32-33(29,30)31-23-22-27(2,3)4/h25H,5-23H2,1-4H3/p+1/t25-/m1/s1. The number of carbonyl (C=O) groups is 1. The Labute approximate surface area is 203 Å². The van der Waals surface area contributed by atoms with Crippen molar-refractivity contribution < 1.29 is 27.8 Å². The molecule has 1 amide bonds. The van der Waals surface area contributed by atoms with E-state index in [4.69, 9.17) is 9.05 Å². The van der Waals surface area contributed by atoms with Crippen molar-refractivity contribution in [1.29, 1.82) is 0 Å². The fraction of sp³-hybridized carbons (Fsp3) is 0.960. The predicted octanol–water partition coefficient (Wildman–Crippen LogP) is 6.26. The highest BCUT2D eigenvalue weighted by molar-refractivity contribution is 7.47. The summed E-state index contributed by atoms with van der Waals surface area (Å²) < 4.78 is 23.4. The first-order chi connectivity index (χ1) is 15.6. The molecule has 0 bridgehead atoms. The number of amides is 1. The topological polar surface area (TPSA) is 76.1 Å². The Balaban J connectivity index is 2.11. The Morgan fingerprint density at radius 1 is 0.939 bits per heavy atom. The van der Waals surface area contributed by atoms with Gasteiger partial charge in [0.15, 0.2) is 0 Å². The molecule has 0 aromatic heterocycles. The van der Waals surface area contributed by atoms with Crippen LogP contribution in [0.5, 0.6) is 0 Å². The highest BCUT2D eigenvalue weighted by Gasteiger charge is 2.36. The maximum absolute atomic E-state index is 12.6. The van der Waals surface area contributed by atoms with Crippen molar-refractivity contribution >= 4 is 13.7 Å². The Bertz CT molecular complexity index is 567. The molecule has 196 valence electrons. The van der Waals surface area contributed by atoms with Gasteiger partial charge in [-0.15, -0.1) is 0 Å². The second kappa shape index (κ2) is 17.0. The van der Waals surface area contributed by atoms with Crippen molar-refractivity contribution in [1.82, 2.24) is 4.90 Å². The van der Waals surface area contributed by atoms with Gasteiger partial charge in [-0.05, 0) is 19.3 Å². The summed E-state index contributed by atoms with van der Waals surface area (Å²) in [6, 6.07) is 0. The molecule has 0 aromatic rings. The van der Waals surface area contributed by atoms with Crippen molar-refractivity contribution in [3.05, 3.63) is 0 Å². The van der Waals surface area contributed by atoms with E-state index in [1.807, 2.05) is 21.1 Å². The highest BCUT2D eigenvalue weighted by atomic mass is 31.2. The Hall–Kier alpha value is -0.460. The molecule has 1 unspecified atom stereocenters. The average molecular weight is 492 g/mol. The van der Waals surface area contributed by atoms with Gasteiger partial charge < -0.3 is 14.3 Å². The molecular weight excluding hydrogens is 439 g/mol. The third-order valence-electron chi connectivity index (χ3n) is 6.28. The van der Waals surface area contributed by atoms with Crippen LogP contribution in [0.3, 0.4) is 0 Å². The fourth-order valence-corrected chi connectivity index (χ4v) is 5.08. The number of nitrogens with zero attached hydrogens (tertiary/aromatic N) is 2. The van der Waals surface area contributed by atoms with Crippen LogP contribution >= 0.6 is 7.82 Å². The van der Waals surface area contributed by atoms with E-state index in [1.54, 1.807) is 4.90 Å². The van der Waals surface area contributed by atoms with E-state index in [9.17, 15) is 14.3 Å². The lowest BCUT2D eigenvalue weighted by atomic mass is 10.0. The van der Waals surface area contributed by atoms with Crippen LogP contribution in [0.4, 0.5) is 0 Å². The summed E-state index contributed by atoms with van der Waals surface area (Å²) in [7, 11) is 1.79. The van der Waals surface area contributed by atoms with Gasteiger partial charge in [0.2, 0.25) is 5.91 Å². The number of phosphoric acid groups is 1. The summed E-state index contributed by atoms with van der Waals surface area (Å²) in [6.45, 7) is 3.58. The van der Waals surface area contributed by atoms with Crippen LogP contribution in [0.1, 0.15) is 110 Å². The van der Waals surface area contributed by atoms with Crippen LogP contribution in [-0.4, -0.2) is 67.3 Å². The zero-order valence-electron chi connectivity index (χ0n) is 21.9. The van der Waals surface area contributed by atoms with E-state index in [-0.39, 0.29) is 12.5 Å². The molecule has 1 saturated heterocycles. The van der Waals surface area contributed by atoms with Gasteiger partial charge in [0.1, 0.15) is 19.4 Å². The van der Waals surface area contributed by atoms with Crippen molar-refractivity contribution in [2.45, 2.75) is 116 Å². The van der Waals surface area contributed by atoms with Crippen LogP contribution in [0.15, 0.2) is 0 Å². The van der Waals surface area contributed by atoms with Crippen molar-refractivity contribution in [3.8, 4) is 0 Å². The Kier molecular flexibility index (Phi) is 15.8. The zero-order chi connectivity index (χ0) is 24.6. The summed E-state index contributed by atoms with van der Waals surface area (Å²) in [4.78, 5) is 24.3. The normalized spacial score (nSPS) is 18.6. The largest absolute Gasteiger partial charge is 0.474 e. The first-order valence-electron chi connectivity index (χ1n) is 13.4. The Morgan fingerprint density at radius 3 is 1.97 bits per heavy atom. The smallest absolute Gasteiger partial charge is 0.329 e. The lowest BCUT2D eigenvalue weighted by Gasteiger charge is -2.27. The third kappa shape index (κ3) is 15.9. The maximum atomic E-state index is 12.6. The number of likely N-dealkylation sites (tertiary alicyclic amines) is 1. The van der Waals surface area contributed by atoms with Gasteiger partial charge in [0.05, 0.1) is 21.1 Å². The van der Waals surface area contributed by atoms with E-state index >= 15 is 0 Å². The molecule has 1 heterocycles. The van der Waals surface area contributed by atoms with Gasteiger partial charge in [-0.3, -0.25) is 13.8 Å². The van der Waals surface area contributed by atoms with E-state index in [0.717, 1.165) is 19.3 Å². The number of quaternary nitrogens is 1. The molecule has 1 N–H and O–H groups in total. The van der Waals surface area contributed by atoms with Crippen LogP contribution < -0.4 is 0 Å². The molecule has 1 aliphatic rings. The number of likely N-dealkylation sites (N-methyl/N-ethyl adjacent to an activating group) is 1. The monoisotopic (exact) mass is 491 g/mol. The molecule has 0 aliphatic carbocycles. The summed E-state index contributed by atoms with van der Waals surface area (Å²) >= 11 is 0. The fourth-order valence-electron chi connectivity index (χ4n) is 4.18. The zero-order valence-corrected chi connectivity index (χ0v) is 22.8. The van der Waals surface area contributed by atoms with E-state index < -0.39 is 14.1 Å². The lowest BCUT2D eigenvalue weighted by molar-refractivity contribution is -0.870. The molecule has 0 saturated carbocycles. The second-order valence-electron chi connectivity index (χ2n) is 10.6. The van der Waals surface area contributed by atoms with Crippen molar-refractivity contribution in [3.63, 3.8) is 0 Å². The number of unbranched alkanes of at least 4 members (excludes halogenated alkanes) is 12. The number of hydrogen-bond acceptors (Lipinski definition) is 4. The predicted molar refractivity (Wildman–Crippen MR) is 135 cm³/mol. The van der Waals surface area contributed by atoms with Crippen molar-refractivity contribution in [2.75, 3.05) is 40.8 Å². The first kappa shape index (κ1) is 30.6. The lowest BCUT2D eigenvalue weighted by Crippen LogP contribution is -2.38. The molecule has 8 heteroatoms. The average Bonchev–Trinajstić information content (AvgIpc) is 3.17. The summed E-state index contributed by atoms with van der Waals surface area (Å²) in [5.41, 5.74) is 0. The molecule has 1 rings (SSSR count). The van der Waals surface area contributed by atoms with E-state index in [1.165, 1.54) is 70.6 Å². The molecule has 2 atom stereocenters. The van der Waals surface area contributed by atoms with Gasteiger partial charge in [-0.25, -0.2) is 4.57 Å². The van der Waals surface area contributed by atoms with E-state index in [2.05, 4.69) is 6.92 Å². The molecule has 0 spiro atoms. The van der Waals surface area contributed by atoms with Crippen LogP contribution in [0.2, 0.25) is 0 Å². The molecule has 1 fully saturated rings. The number of hydrogen-bond donors (Lipinski definition) is 1. The van der Waals surface area contributed by atoms with Gasteiger partial charge >= 0.3 is 7.82 Å². The molecule has 33 heavy (non-hydrogen) atoms. The number of phosphoric ester groups is 1. The summed E-state index contributed by atoms with van der Waals surface area (Å²) in [5.74, 6) is 0.0203. The van der Waals surface area contributed by atoms with Gasteiger partial charge in [-0.2, -0.15) is 0 Å². The van der Waals surface area contributed by atoms with Gasteiger partial charge in [-0.1, -0.05) is 84.0 Å². The minimum atomic E-state index is -4.17. The Morgan fingerprint density at radius 2 is 1.45 bits per heavy atom. The van der Waals surface area contributed by atoms with Gasteiger partial charge in [0, 0.05) is 13.0 Å². The molecular formula is C25H52N2O5P+. The maximum Gasteiger partial charge on any atom is 0.474 e. The minimum Gasteiger partial charge on any atom is -0.329 e. The van der Waals surface area contributed by atoms with Crippen LogP contribution in [-0.2, 0) is 18.4 Å². The minimum absolute atomic E-state index is 0.0203. The first-order valence-corrected chi connectivity index (χ1v) is 14.9.